The van der Waals surface area contributed by atoms with E-state index in [1.54, 1.807) is 30.3 Å². The second-order valence-electron chi connectivity index (χ2n) is 4.61. The van der Waals surface area contributed by atoms with Gasteiger partial charge in [-0.2, -0.15) is 0 Å². The Hall–Kier alpha value is -1.82. The number of carbonyl (C=O) groups is 1. The van der Waals surface area contributed by atoms with Crippen LogP contribution in [0.5, 0.6) is 0 Å². The molecule has 0 aliphatic rings. The lowest BCUT2D eigenvalue weighted by molar-refractivity contribution is -0.128. The van der Waals surface area contributed by atoms with Gasteiger partial charge in [0.25, 0.3) is 0 Å². The Morgan fingerprint density at radius 3 is 2.89 bits per heavy atom. The fourth-order valence-corrected chi connectivity index (χ4v) is 2.64. The molecule has 2 rings (SSSR count). The third-order valence-corrected chi connectivity index (χ3v) is 3.75. The van der Waals surface area contributed by atoms with Crippen LogP contribution in [0.25, 0.3) is 10.2 Å². The summed E-state index contributed by atoms with van der Waals surface area (Å²) in [4.78, 5) is 17.5. The fourth-order valence-electron chi connectivity index (χ4n) is 1.79. The van der Waals surface area contributed by atoms with Gasteiger partial charge < -0.3 is 16.0 Å². The number of nitrogens with zero attached hydrogens (tertiary/aromatic N) is 2. The zero-order chi connectivity index (χ0) is 14.0. The topological polar surface area (TPSA) is 71.2 Å². The zero-order valence-electron chi connectivity index (χ0n) is 11.4. The smallest absolute Gasteiger partial charge is 0.223 e. The van der Waals surface area contributed by atoms with Gasteiger partial charge in [-0.25, -0.2) is 4.98 Å². The van der Waals surface area contributed by atoms with Crippen LogP contribution in [-0.4, -0.2) is 36.4 Å². The van der Waals surface area contributed by atoms with Crippen LogP contribution in [0.3, 0.4) is 0 Å². The van der Waals surface area contributed by atoms with Crippen molar-refractivity contribution in [2.45, 2.75) is 13.3 Å². The predicted octanol–water partition coefficient (Wildman–Crippen LogP) is 2.08. The van der Waals surface area contributed by atoms with E-state index < -0.39 is 0 Å². The average molecular weight is 278 g/mol. The van der Waals surface area contributed by atoms with Gasteiger partial charge in [-0.05, 0) is 19.1 Å². The van der Waals surface area contributed by atoms with E-state index in [-0.39, 0.29) is 5.91 Å². The molecule has 0 bridgehead atoms. The minimum Gasteiger partial charge on any atom is -0.397 e. The van der Waals surface area contributed by atoms with Crippen molar-refractivity contribution in [1.29, 1.82) is 0 Å². The van der Waals surface area contributed by atoms with Crippen molar-refractivity contribution in [2.75, 3.05) is 31.7 Å². The van der Waals surface area contributed by atoms with E-state index in [2.05, 4.69) is 10.3 Å². The number of hydrogen-bond acceptors (Lipinski definition) is 5. The SMILES string of the molecule is Cc1nc2cc(NCCC(=O)N(C)C)c(N)cc2s1. The summed E-state index contributed by atoms with van der Waals surface area (Å²) >= 11 is 1.63. The fraction of sp³-hybridized carbons (Fsp3) is 0.385. The molecule has 0 atom stereocenters. The Bertz CT molecular complexity index is 606. The molecule has 5 nitrogen and oxygen atoms in total. The van der Waals surface area contributed by atoms with Crippen LogP contribution < -0.4 is 11.1 Å². The second-order valence-corrected chi connectivity index (χ2v) is 5.84. The van der Waals surface area contributed by atoms with E-state index in [9.17, 15) is 4.79 Å². The van der Waals surface area contributed by atoms with Crippen molar-refractivity contribution in [2.24, 2.45) is 0 Å². The van der Waals surface area contributed by atoms with Gasteiger partial charge in [0.05, 0.1) is 26.6 Å². The number of hydrogen-bond donors (Lipinski definition) is 2. The largest absolute Gasteiger partial charge is 0.397 e. The lowest BCUT2D eigenvalue weighted by Gasteiger charge is -2.12. The Morgan fingerprint density at radius 2 is 2.21 bits per heavy atom. The first-order valence-corrected chi connectivity index (χ1v) is 6.89. The van der Waals surface area contributed by atoms with E-state index in [0.717, 1.165) is 20.9 Å². The summed E-state index contributed by atoms with van der Waals surface area (Å²) in [5, 5.41) is 4.21. The molecule has 1 aromatic heterocycles. The molecule has 2 aromatic rings. The van der Waals surface area contributed by atoms with E-state index in [1.165, 1.54) is 0 Å². The highest BCUT2D eigenvalue weighted by atomic mass is 32.1. The third-order valence-electron chi connectivity index (χ3n) is 2.82. The number of nitrogen functional groups attached to an aromatic ring is 1. The van der Waals surface area contributed by atoms with Crippen molar-refractivity contribution < 1.29 is 4.79 Å². The van der Waals surface area contributed by atoms with Crippen molar-refractivity contribution in [3.8, 4) is 0 Å². The van der Waals surface area contributed by atoms with Gasteiger partial charge in [0.15, 0.2) is 0 Å². The number of nitrogens with one attached hydrogen (secondary N) is 1. The van der Waals surface area contributed by atoms with Gasteiger partial charge in [-0.3, -0.25) is 4.79 Å². The minimum absolute atomic E-state index is 0.0941. The molecule has 0 aliphatic heterocycles. The second kappa shape index (κ2) is 5.44. The van der Waals surface area contributed by atoms with E-state index >= 15 is 0 Å². The summed E-state index contributed by atoms with van der Waals surface area (Å²) < 4.78 is 1.09. The van der Waals surface area contributed by atoms with Crippen LogP contribution in [-0.2, 0) is 4.79 Å². The molecule has 0 aliphatic carbocycles. The van der Waals surface area contributed by atoms with Crippen molar-refractivity contribution in [1.82, 2.24) is 9.88 Å². The molecule has 1 aromatic carbocycles. The summed E-state index contributed by atoms with van der Waals surface area (Å²) in [5.74, 6) is 0.0941. The number of anilines is 2. The maximum absolute atomic E-state index is 11.5. The first-order chi connectivity index (χ1) is 8.97. The Labute approximate surface area is 116 Å². The molecule has 0 spiro atoms. The number of nitrogens with two attached hydrogens (primary N) is 1. The molecule has 0 radical (unpaired) electrons. The monoisotopic (exact) mass is 278 g/mol. The standard InChI is InChI=1S/C13H18N4OS/c1-8-16-11-7-10(9(14)6-12(11)19-8)15-5-4-13(18)17(2)3/h6-7,15H,4-5,14H2,1-3H3. The van der Waals surface area contributed by atoms with Crippen LogP contribution >= 0.6 is 11.3 Å². The maximum Gasteiger partial charge on any atom is 0.223 e. The van der Waals surface area contributed by atoms with Gasteiger partial charge in [0, 0.05) is 27.1 Å². The molecule has 1 heterocycles. The summed E-state index contributed by atoms with van der Waals surface area (Å²) in [5.41, 5.74) is 8.46. The molecule has 6 heteroatoms. The van der Waals surface area contributed by atoms with Gasteiger partial charge >= 0.3 is 0 Å². The van der Waals surface area contributed by atoms with Crippen LogP contribution in [0.4, 0.5) is 11.4 Å². The van der Waals surface area contributed by atoms with E-state index in [4.69, 9.17) is 5.73 Å². The van der Waals surface area contributed by atoms with Crippen molar-refractivity contribution in [3.05, 3.63) is 17.1 Å². The lowest BCUT2D eigenvalue weighted by Crippen LogP contribution is -2.24. The van der Waals surface area contributed by atoms with Gasteiger partial charge in [0.2, 0.25) is 5.91 Å². The number of benzene rings is 1. The molecule has 1 amide bonds. The molecule has 0 fully saturated rings. The number of aryl methyl sites for hydroxylation is 1. The highest BCUT2D eigenvalue weighted by molar-refractivity contribution is 7.18. The van der Waals surface area contributed by atoms with Crippen molar-refractivity contribution >= 4 is 38.8 Å². The lowest BCUT2D eigenvalue weighted by atomic mass is 10.2. The molecular formula is C13H18N4OS. The first kappa shape index (κ1) is 13.6. The summed E-state index contributed by atoms with van der Waals surface area (Å²) in [7, 11) is 3.50. The highest BCUT2D eigenvalue weighted by Crippen LogP contribution is 2.29. The normalized spacial score (nSPS) is 10.7. The van der Waals surface area contributed by atoms with Crippen LogP contribution in [0.1, 0.15) is 11.4 Å². The highest BCUT2D eigenvalue weighted by Gasteiger charge is 2.07. The quantitative estimate of drug-likeness (QED) is 0.840. The molecular weight excluding hydrogens is 260 g/mol. The molecule has 0 saturated carbocycles. The molecule has 102 valence electrons. The summed E-state index contributed by atoms with van der Waals surface area (Å²) in [6, 6.07) is 3.87. The summed E-state index contributed by atoms with van der Waals surface area (Å²) in [6.07, 6.45) is 0.445. The van der Waals surface area contributed by atoms with Crippen LogP contribution in [0, 0.1) is 6.92 Å². The third kappa shape index (κ3) is 3.14. The van der Waals surface area contributed by atoms with Crippen LogP contribution in [0.2, 0.25) is 0 Å². The Balaban J connectivity index is 2.08. The van der Waals surface area contributed by atoms with Crippen molar-refractivity contribution in [3.63, 3.8) is 0 Å². The van der Waals surface area contributed by atoms with Gasteiger partial charge in [-0.15, -0.1) is 11.3 Å². The molecule has 19 heavy (non-hydrogen) atoms. The number of amides is 1. The maximum atomic E-state index is 11.5. The number of aromatic nitrogens is 1. The van der Waals surface area contributed by atoms with E-state index in [1.807, 2.05) is 19.1 Å². The molecule has 3 N–H and O–H groups in total. The Morgan fingerprint density at radius 1 is 1.47 bits per heavy atom. The van der Waals surface area contributed by atoms with E-state index in [0.29, 0.717) is 18.7 Å². The number of thiazole rings is 1. The zero-order valence-corrected chi connectivity index (χ0v) is 12.2. The number of carbonyl (C=O) groups excluding carboxylic acids is 1. The van der Waals surface area contributed by atoms with Gasteiger partial charge in [0.1, 0.15) is 0 Å². The average Bonchev–Trinajstić information content (AvgIpc) is 2.68. The minimum atomic E-state index is 0.0941. The molecule has 0 saturated heterocycles. The summed E-state index contributed by atoms with van der Waals surface area (Å²) in [6.45, 7) is 2.54. The Kier molecular flexibility index (Phi) is 3.90. The first-order valence-electron chi connectivity index (χ1n) is 6.08. The predicted molar refractivity (Wildman–Crippen MR) is 80.6 cm³/mol. The van der Waals surface area contributed by atoms with Gasteiger partial charge in [-0.1, -0.05) is 0 Å². The molecule has 0 unspecified atom stereocenters. The number of fused-ring (bicyclic) bond motifs is 1. The number of rotatable bonds is 4. The van der Waals surface area contributed by atoms with Crippen LogP contribution in [0.15, 0.2) is 12.1 Å².